The number of hydrogen-bond donors (Lipinski definition) is 3. The number of carboxylic acid groups (broad SMARTS) is 1. The number of carbonyl (C=O) groups is 2. The Morgan fingerprint density at radius 1 is 1.57 bits per heavy atom. The van der Waals surface area contributed by atoms with Gasteiger partial charge in [0.1, 0.15) is 6.61 Å². The van der Waals surface area contributed by atoms with Gasteiger partial charge < -0.3 is 20.9 Å². The Balaban J connectivity index is 3.36. The first-order valence-corrected chi connectivity index (χ1v) is 4.40. The van der Waals surface area contributed by atoms with Crippen LogP contribution in [0.3, 0.4) is 0 Å². The summed E-state index contributed by atoms with van der Waals surface area (Å²) < 4.78 is 4.70. The standard InChI is InChI=1S/C8H16N2O4/c1-2-6(9)8(13)10-3-4-14-5-7(11)12/h6H,2-5,9H2,1H3,(H,10,13)(H,11,12). The summed E-state index contributed by atoms with van der Waals surface area (Å²) in [6.45, 7) is 1.91. The van der Waals surface area contributed by atoms with Gasteiger partial charge >= 0.3 is 5.97 Å². The Labute approximate surface area is 82.4 Å². The summed E-state index contributed by atoms with van der Waals surface area (Å²) in [5, 5.41) is 10.7. The predicted octanol–water partition coefficient (Wildman–Crippen LogP) is -1.06. The van der Waals surface area contributed by atoms with Crippen molar-refractivity contribution in [2.45, 2.75) is 19.4 Å². The highest BCUT2D eigenvalue weighted by Gasteiger charge is 2.09. The molecular weight excluding hydrogens is 188 g/mol. The van der Waals surface area contributed by atoms with Gasteiger partial charge in [-0.3, -0.25) is 4.79 Å². The molecule has 6 nitrogen and oxygen atoms in total. The third-order valence-corrected chi connectivity index (χ3v) is 1.55. The molecule has 0 saturated carbocycles. The van der Waals surface area contributed by atoms with Crippen LogP contribution in [0, 0.1) is 0 Å². The maximum atomic E-state index is 11.1. The van der Waals surface area contributed by atoms with Crippen molar-refractivity contribution in [3.05, 3.63) is 0 Å². The van der Waals surface area contributed by atoms with E-state index in [0.29, 0.717) is 6.42 Å². The lowest BCUT2D eigenvalue weighted by Gasteiger charge is -2.09. The molecule has 0 bridgehead atoms. The number of aliphatic carboxylic acids is 1. The highest BCUT2D eigenvalue weighted by atomic mass is 16.5. The number of rotatable bonds is 7. The van der Waals surface area contributed by atoms with Crippen molar-refractivity contribution in [3.8, 4) is 0 Å². The molecule has 1 amide bonds. The zero-order chi connectivity index (χ0) is 11.0. The first-order valence-electron chi connectivity index (χ1n) is 4.40. The van der Waals surface area contributed by atoms with Crippen molar-refractivity contribution in [2.24, 2.45) is 5.73 Å². The Morgan fingerprint density at radius 3 is 2.71 bits per heavy atom. The average Bonchev–Trinajstić information content (AvgIpc) is 2.15. The van der Waals surface area contributed by atoms with Crippen LogP contribution in [-0.4, -0.2) is 42.8 Å². The highest BCUT2D eigenvalue weighted by Crippen LogP contribution is 1.84. The molecule has 1 atom stereocenters. The van der Waals surface area contributed by atoms with Gasteiger partial charge in [-0.1, -0.05) is 6.92 Å². The molecule has 0 heterocycles. The molecule has 0 spiro atoms. The third-order valence-electron chi connectivity index (χ3n) is 1.55. The lowest BCUT2D eigenvalue weighted by atomic mass is 10.2. The monoisotopic (exact) mass is 204 g/mol. The summed E-state index contributed by atoms with van der Waals surface area (Å²) in [6.07, 6.45) is 0.571. The van der Waals surface area contributed by atoms with Gasteiger partial charge in [0.15, 0.2) is 0 Å². The first-order chi connectivity index (χ1) is 6.57. The number of nitrogens with one attached hydrogen (secondary N) is 1. The van der Waals surface area contributed by atoms with E-state index in [1.54, 1.807) is 0 Å². The number of amides is 1. The molecule has 0 radical (unpaired) electrons. The second-order valence-corrected chi connectivity index (χ2v) is 2.75. The van der Waals surface area contributed by atoms with Crippen molar-refractivity contribution >= 4 is 11.9 Å². The van der Waals surface area contributed by atoms with Gasteiger partial charge in [-0.2, -0.15) is 0 Å². The van der Waals surface area contributed by atoms with Crippen molar-refractivity contribution in [2.75, 3.05) is 19.8 Å². The van der Waals surface area contributed by atoms with Crippen molar-refractivity contribution in [3.63, 3.8) is 0 Å². The van der Waals surface area contributed by atoms with E-state index in [0.717, 1.165) is 0 Å². The largest absolute Gasteiger partial charge is 0.480 e. The summed E-state index contributed by atoms with van der Waals surface area (Å²) in [6, 6.07) is -0.505. The Morgan fingerprint density at radius 2 is 2.21 bits per heavy atom. The molecule has 0 rings (SSSR count). The van der Waals surface area contributed by atoms with Crippen LogP contribution in [0.5, 0.6) is 0 Å². The number of carboxylic acids is 1. The van der Waals surface area contributed by atoms with E-state index in [1.165, 1.54) is 0 Å². The Bertz CT molecular complexity index is 196. The van der Waals surface area contributed by atoms with Crippen LogP contribution in [0.1, 0.15) is 13.3 Å². The summed E-state index contributed by atoms with van der Waals surface area (Å²) in [7, 11) is 0. The smallest absolute Gasteiger partial charge is 0.329 e. The fourth-order valence-corrected chi connectivity index (χ4v) is 0.722. The molecule has 0 saturated heterocycles. The van der Waals surface area contributed by atoms with E-state index in [9.17, 15) is 9.59 Å². The number of hydrogen-bond acceptors (Lipinski definition) is 4. The fourth-order valence-electron chi connectivity index (χ4n) is 0.722. The minimum Gasteiger partial charge on any atom is -0.480 e. The molecule has 1 unspecified atom stereocenters. The van der Waals surface area contributed by atoms with Crippen LogP contribution in [0.25, 0.3) is 0 Å². The van der Waals surface area contributed by atoms with Crippen molar-refractivity contribution in [1.29, 1.82) is 0 Å². The molecule has 0 aromatic heterocycles. The van der Waals surface area contributed by atoms with Gasteiger partial charge in [-0.05, 0) is 6.42 Å². The van der Waals surface area contributed by atoms with Gasteiger partial charge in [0.25, 0.3) is 0 Å². The molecule has 14 heavy (non-hydrogen) atoms. The minimum absolute atomic E-state index is 0.175. The normalized spacial score (nSPS) is 12.1. The van der Waals surface area contributed by atoms with Crippen LogP contribution >= 0.6 is 0 Å². The van der Waals surface area contributed by atoms with Crippen LogP contribution in [0.2, 0.25) is 0 Å². The number of nitrogens with two attached hydrogens (primary N) is 1. The topological polar surface area (TPSA) is 102 Å². The second kappa shape index (κ2) is 7.28. The van der Waals surface area contributed by atoms with Gasteiger partial charge in [0.05, 0.1) is 12.6 Å². The van der Waals surface area contributed by atoms with E-state index in [-0.39, 0.29) is 25.7 Å². The predicted molar refractivity (Wildman–Crippen MR) is 49.7 cm³/mol. The summed E-state index contributed by atoms with van der Waals surface area (Å²) in [4.78, 5) is 21.1. The average molecular weight is 204 g/mol. The van der Waals surface area contributed by atoms with E-state index < -0.39 is 12.0 Å². The molecule has 0 aromatic carbocycles. The number of ether oxygens (including phenoxy) is 1. The van der Waals surface area contributed by atoms with Crippen LogP contribution < -0.4 is 11.1 Å². The molecule has 0 aromatic rings. The van der Waals surface area contributed by atoms with Gasteiger partial charge in [-0.25, -0.2) is 4.79 Å². The Hall–Kier alpha value is -1.14. The zero-order valence-corrected chi connectivity index (χ0v) is 8.16. The zero-order valence-electron chi connectivity index (χ0n) is 8.16. The van der Waals surface area contributed by atoms with Crippen LogP contribution in [0.4, 0.5) is 0 Å². The van der Waals surface area contributed by atoms with Gasteiger partial charge in [0, 0.05) is 6.54 Å². The SMILES string of the molecule is CCC(N)C(=O)NCCOCC(=O)O. The van der Waals surface area contributed by atoms with E-state index >= 15 is 0 Å². The quantitative estimate of drug-likeness (QED) is 0.459. The molecule has 4 N–H and O–H groups in total. The van der Waals surface area contributed by atoms with Crippen LogP contribution in [0.15, 0.2) is 0 Å². The molecular formula is C8H16N2O4. The lowest BCUT2D eigenvalue weighted by molar-refractivity contribution is -0.142. The van der Waals surface area contributed by atoms with Crippen LogP contribution in [-0.2, 0) is 14.3 Å². The van der Waals surface area contributed by atoms with Gasteiger partial charge in [-0.15, -0.1) is 0 Å². The Kier molecular flexibility index (Phi) is 6.69. The molecule has 0 aliphatic carbocycles. The summed E-state index contributed by atoms with van der Waals surface area (Å²) in [5.41, 5.74) is 5.43. The third kappa shape index (κ3) is 6.38. The maximum Gasteiger partial charge on any atom is 0.329 e. The maximum absolute atomic E-state index is 11.1. The van der Waals surface area contributed by atoms with Crippen molar-refractivity contribution in [1.82, 2.24) is 5.32 Å². The highest BCUT2D eigenvalue weighted by molar-refractivity contribution is 5.81. The molecule has 0 aliphatic rings. The summed E-state index contributed by atoms with van der Waals surface area (Å²) >= 11 is 0. The van der Waals surface area contributed by atoms with E-state index in [2.05, 4.69) is 5.32 Å². The number of carbonyl (C=O) groups excluding carboxylic acids is 1. The molecule has 0 aliphatic heterocycles. The molecule has 0 fully saturated rings. The second-order valence-electron chi connectivity index (χ2n) is 2.75. The fraction of sp³-hybridized carbons (Fsp3) is 0.750. The minimum atomic E-state index is -1.03. The molecule has 82 valence electrons. The van der Waals surface area contributed by atoms with E-state index in [4.69, 9.17) is 15.6 Å². The van der Waals surface area contributed by atoms with Crippen molar-refractivity contribution < 1.29 is 19.4 Å². The van der Waals surface area contributed by atoms with E-state index in [1.807, 2.05) is 6.92 Å². The lowest BCUT2D eigenvalue weighted by Crippen LogP contribution is -2.41. The van der Waals surface area contributed by atoms with Gasteiger partial charge in [0.2, 0.25) is 5.91 Å². The summed E-state index contributed by atoms with van der Waals surface area (Å²) in [5.74, 6) is -1.27. The first kappa shape index (κ1) is 12.9. The molecule has 6 heteroatoms.